The van der Waals surface area contributed by atoms with Crippen LogP contribution in [0.4, 0.5) is 10.5 Å². The van der Waals surface area contributed by atoms with Gasteiger partial charge in [-0.1, -0.05) is 39.3 Å². The van der Waals surface area contributed by atoms with Crippen LogP contribution in [0.1, 0.15) is 44.7 Å². The number of primary amides is 1. The lowest BCUT2D eigenvalue weighted by Gasteiger charge is -2.19. The maximum absolute atomic E-state index is 12.5. The molecule has 1 heterocycles. The molecule has 6 nitrogen and oxygen atoms in total. The third-order valence-corrected chi connectivity index (χ3v) is 4.14. The molecular formula is C18H28N4O2. The average molecular weight is 332 g/mol. The highest BCUT2D eigenvalue weighted by Crippen LogP contribution is 2.30. The van der Waals surface area contributed by atoms with Crippen molar-refractivity contribution in [3.63, 3.8) is 0 Å². The van der Waals surface area contributed by atoms with Crippen molar-refractivity contribution in [3.05, 3.63) is 29.3 Å². The molecule has 0 radical (unpaired) electrons. The molecular weight excluding hydrogens is 304 g/mol. The van der Waals surface area contributed by atoms with Crippen LogP contribution < -0.4 is 16.4 Å². The van der Waals surface area contributed by atoms with Gasteiger partial charge in [0.05, 0.1) is 0 Å². The number of carbonyl (C=O) groups excluding carboxylic acids is 2. The van der Waals surface area contributed by atoms with Crippen LogP contribution in [0.2, 0.25) is 0 Å². The first-order valence-corrected chi connectivity index (χ1v) is 8.60. The molecule has 0 saturated carbocycles. The number of fused-ring (bicyclic) bond motifs is 1. The Hall–Kier alpha value is -2.08. The van der Waals surface area contributed by atoms with Crippen LogP contribution in [0.25, 0.3) is 0 Å². The number of nitrogens with one attached hydrogen (secondary N) is 2. The van der Waals surface area contributed by atoms with Crippen molar-refractivity contribution >= 4 is 17.6 Å². The second-order valence-electron chi connectivity index (χ2n) is 6.85. The molecule has 132 valence electrons. The van der Waals surface area contributed by atoms with E-state index in [0.717, 1.165) is 31.7 Å². The smallest absolute Gasteiger partial charge is 0.312 e. The van der Waals surface area contributed by atoms with Gasteiger partial charge in [-0.2, -0.15) is 0 Å². The summed E-state index contributed by atoms with van der Waals surface area (Å²) < 4.78 is 0. The van der Waals surface area contributed by atoms with Gasteiger partial charge in [-0.05, 0) is 29.5 Å². The summed E-state index contributed by atoms with van der Waals surface area (Å²) in [6, 6.07) is 4.71. The fourth-order valence-electron chi connectivity index (χ4n) is 3.20. The highest BCUT2D eigenvalue weighted by molar-refractivity contribution is 5.97. The highest BCUT2D eigenvalue weighted by Gasteiger charge is 2.24. The number of carbonyl (C=O) groups is 2. The van der Waals surface area contributed by atoms with E-state index in [2.05, 4.69) is 35.4 Å². The molecule has 0 aliphatic carbocycles. The van der Waals surface area contributed by atoms with E-state index in [1.54, 1.807) is 0 Å². The van der Waals surface area contributed by atoms with Gasteiger partial charge in [0.2, 0.25) is 5.91 Å². The van der Waals surface area contributed by atoms with Crippen molar-refractivity contribution in [2.75, 3.05) is 11.9 Å². The standard InChI is InChI=1S/C18H28N4O2/c1-4-6-16(21-18(19)24)17(23)20-15-8-5-7-13-10-22(9-12(2)3)11-14(13)15/h5,7-8,12,16H,4,6,9-11H2,1-3H3,(H,20,23)(H3,19,21,24)/t16-/m1/s1. The van der Waals surface area contributed by atoms with Gasteiger partial charge < -0.3 is 16.4 Å². The predicted octanol–water partition coefficient (Wildman–Crippen LogP) is 2.43. The molecule has 24 heavy (non-hydrogen) atoms. The van der Waals surface area contributed by atoms with E-state index in [0.29, 0.717) is 12.3 Å². The van der Waals surface area contributed by atoms with Gasteiger partial charge >= 0.3 is 6.03 Å². The molecule has 1 aromatic rings. The normalized spacial score (nSPS) is 15.2. The maximum Gasteiger partial charge on any atom is 0.312 e. The van der Waals surface area contributed by atoms with Crippen molar-refractivity contribution in [1.82, 2.24) is 10.2 Å². The monoisotopic (exact) mass is 332 g/mol. The number of urea groups is 1. The van der Waals surface area contributed by atoms with Gasteiger partial charge in [0.15, 0.2) is 0 Å². The number of anilines is 1. The Morgan fingerprint density at radius 1 is 1.29 bits per heavy atom. The van der Waals surface area contributed by atoms with Gasteiger partial charge in [-0.3, -0.25) is 9.69 Å². The molecule has 0 saturated heterocycles. The van der Waals surface area contributed by atoms with Crippen LogP contribution in [0.15, 0.2) is 18.2 Å². The van der Waals surface area contributed by atoms with Crippen LogP contribution in [0, 0.1) is 5.92 Å². The summed E-state index contributed by atoms with van der Waals surface area (Å²) in [5, 5.41) is 5.49. The molecule has 0 aromatic heterocycles. The van der Waals surface area contributed by atoms with Crippen LogP contribution in [-0.2, 0) is 17.9 Å². The predicted molar refractivity (Wildman–Crippen MR) is 95.4 cm³/mol. The first-order chi connectivity index (χ1) is 11.4. The van der Waals surface area contributed by atoms with Crippen molar-refractivity contribution in [2.24, 2.45) is 11.7 Å². The zero-order valence-corrected chi connectivity index (χ0v) is 14.8. The van der Waals surface area contributed by atoms with Gasteiger partial charge in [-0.15, -0.1) is 0 Å². The minimum absolute atomic E-state index is 0.216. The Morgan fingerprint density at radius 3 is 2.67 bits per heavy atom. The Labute approximate surface area is 143 Å². The van der Waals surface area contributed by atoms with Gasteiger partial charge in [0.1, 0.15) is 6.04 Å². The third-order valence-electron chi connectivity index (χ3n) is 4.14. The maximum atomic E-state index is 12.5. The van der Waals surface area contributed by atoms with E-state index in [1.807, 2.05) is 19.1 Å². The summed E-state index contributed by atoms with van der Waals surface area (Å²) in [4.78, 5) is 26.0. The summed E-state index contributed by atoms with van der Waals surface area (Å²) in [5.74, 6) is 0.386. The quantitative estimate of drug-likeness (QED) is 0.716. The van der Waals surface area contributed by atoms with Gasteiger partial charge in [0.25, 0.3) is 0 Å². The molecule has 4 N–H and O–H groups in total. The molecule has 6 heteroatoms. The lowest BCUT2D eigenvalue weighted by molar-refractivity contribution is -0.118. The molecule has 0 bridgehead atoms. The van der Waals surface area contributed by atoms with E-state index < -0.39 is 12.1 Å². The van der Waals surface area contributed by atoms with Gasteiger partial charge in [0, 0.05) is 25.3 Å². The zero-order chi connectivity index (χ0) is 17.7. The van der Waals surface area contributed by atoms with Crippen molar-refractivity contribution in [1.29, 1.82) is 0 Å². The average Bonchev–Trinajstić information content (AvgIpc) is 2.88. The molecule has 1 aliphatic heterocycles. The van der Waals surface area contributed by atoms with Crippen LogP contribution in [-0.4, -0.2) is 29.4 Å². The van der Waals surface area contributed by atoms with Gasteiger partial charge in [-0.25, -0.2) is 4.79 Å². The van der Waals surface area contributed by atoms with Crippen molar-refractivity contribution < 1.29 is 9.59 Å². The molecule has 1 aliphatic rings. The Bertz CT molecular complexity index is 601. The minimum Gasteiger partial charge on any atom is -0.352 e. The fraction of sp³-hybridized carbons (Fsp3) is 0.556. The van der Waals surface area contributed by atoms with Crippen LogP contribution in [0.5, 0.6) is 0 Å². The van der Waals surface area contributed by atoms with E-state index in [9.17, 15) is 9.59 Å². The van der Waals surface area contributed by atoms with E-state index in [4.69, 9.17) is 5.73 Å². The largest absolute Gasteiger partial charge is 0.352 e. The number of nitrogens with two attached hydrogens (primary N) is 1. The Morgan fingerprint density at radius 2 is 2.04 bits per heavy atom. The van der Waals surface area contributed by atoms with Crippen molar-refractivity contribution in [3.8, 4) is 0 Å². The first kappa shape index (κ1) is 18.3. The lowest BCUT2D eigenvalue weighted by atomic mass is 10.1. The number of amides is 3. The molecule has 1 atom stereocenters. The Kier molecular flexibility index (Phi) is 6.20. The van der Waals surface area contributed by atoms with E-state index >= 15 is 0 Å². The molecule has 2 rings (SSSR count). The number of benzene rings is 1. The number of rotatable bonds is 7. The molecule has 0 spiro atoms. The summed E-state index contributed by atoms with van der Waals surface area (Å²) in [7, 11) is 0. The van der Waals surface area contributed by atoms with Crippen molar-refractivity contribution in [2.45, 2.75) is 52.7 Å². The third kappa shape index (κ3) is 4.71. The summed E-state index contributed by atoms with van der Waals surface area (Å²) in [5.41, 5.74) is 8.42. The van der Waals surface area contributed by atoms with E-state index in [-0.39, 0.29) is 5.91 Å². The highest BCUT2D eigenvalue weighted by atomic mass is 16.2. The number of hydrogen-bond donors (Lipinski definition) is 3. The number of nitrogens with zero attached hydrogens (tertiary/aromatic N) is 1. The van der Waals surface area contributed by atoms with Crippen LogP contribution in [0.3, 0.4) is 0 Å². The van der Waals surface area contributed by atoms with E-state index in [1.165, 1.54) is 11.1 Å². The molecule has 1 aromatic carbocycles. The minimum atomic E-state index is -0.676. The molecule has 0 unspecified atom stereocenters. The SMILES string of the molecule is CCC[C@@H](NC(N)=O)C(=O)Nc1cccc2c1CN(CC(C)C)C2. The second kappa shape index (κ2) is 8.15. The fourth-order valence-corrected chi connectivity index (χ4v) is 3.20. The zero-order valence-electron chi connectivity index (χ0n) is 14.8. The topological polar surface area (TPSA) is 87.5 Å². The second-order valence-corrected chi connectivity index (χ2v) is 6.85. The summed E-state index contributed by atoms with van der Waals surface area (Å²) >= 11 is 0. The molecule has 0 fully saturated rings. The molecule has 3 amide bonds. The number of hydrogen-bond acceptors (Lipinski definition) is 3. The van der Waals surface area contributed by atoms with Crippen LogP contribution >= 0.6 is 0 Å². The first-order valence-electron chi connectivity index (χ1n) is 8.60. The Balaban J connectivity index is 2.10. The summed E-state index contributed by atoms with van der Waals surface area (Å²) in [6.45, 7) is 9.16. The summed E-state index contributed by atoms with van der Waals surface area (Å²) in [6.07, 6.45) is 1.34. The lowest BCUT2D eigenvalue weighted by Crippen LogP contribution is -2.46.